The molecular formula is C17H20O6. The quantitative estimate of drug-likeness (QED) is 0.317. The van der Waals surface area contributed by atoms with Gasteiger partial charge in [0.15, 0.2) is 17.6 Å². The molecule has 1 rings (SSSR count). The highest BCUT2D eigenvalue weighted by Crippen LogP contribution is 2.28. The molecule has 0 aliphatic carbocycles. The summed E-state index contributed by atoms with van der Waals surface area (Å²) in [7, 11) is 1.39. The van der Waals surface area contributed by atoms with E-state index in [2.05, 4.69) is 6.58 Å². The Morgan fingerprint density at radius 2 is 2.00 bits per heavy atom. The van der Waals surface area contributed by atoms with E-state index in [9.17, 15) is 14.4 Å². The molecule has 1 aromatic carbocycles. The number of ether oxygens (including phenoxy) is 3. The molecule has 0 saturated heterocycles. The van der Waals surface area contributed by atoms with Crippen LogP contribution in [0.1, 0.15) is 37.0 Å². The highest BCUT2D eigenvalue weighted by atomic mass is 16.6. The van der Waals surface area contributed by atoms with Crippen LogP contribution in [-0.2, 0) is 14.3 Å². The third-order valence-corrected chi connectivity index (χ3v) is 2.95. The van der Waals surface area contributed by atoms with E-state index in [0.29, 0.717) is 24.7 Å². The first kappa shape index (κ1) is 18.4. The van der Waals surface area contributed by atoms with Crippen LogP contribution in [0.4, 0.5) is 0 Å². The van der Waals surface area contributed by atoms with Crippen LogP contribution < -0.4 is 9.47 Å². The van der Waals surface area contributed by atoms with Crippen LogP contribution >= 0.6 is 0 Å². The van der Waals surface area contributed by atoms with Crippen molar-refractivity contribution in [1.29, 1.82) is 0 Å². The maximum Gasteiger partial charge on any atom is 0.352 e. The number of hydrogen-bond acceptors (Lipinski definition) is 6. The SMILES string of the molecule is C=C(C)C(=O)OC(CCC)C(=O)Oc1ccc(C=O)cc1OC. The summed E-state index contributed by atoms with van der Waals surface area (Å²) in [6.45, 7) is 6.83. The summed E-state index contributed by atoms with van der Waals surface area (Å²) >= 11 is 0. The van der Waals surface area contributed by atoms with Gasteiger partial charge in [-0.15, -0.1) is 0 Å². The summed E-state index contributed by atoms with van der Waals surface area (Å²) < 4.78 is 15.4. The molecule has 124 valence electrons. The zero-order valence-electron chi connectivity index (χ0n) is 13.5. The minimum atomic E-state index is -1.03. The Bertz CT molecular complexity index is 605. The first-order chi connectivity index (χ1) is 10.9. The Hall–Kier alpha value is -2.63. The fraction of sp³-hybridized carbons (Fsp3) is 0.353. The van der Waals surface area contributed by atoms with Gasteiger partial charge in [0, 0.05) is 11.1 Å². The molecule has 23 heavy (non-hydrogen) atoms. The molecule has 1 unspecified atom stereocenters. The molecule has 0 aromatic heterocycles. The first-order valence-corrected chi connectivity index (χ1v) is 7.14. The zero-order chi connectivity index (χ0) is 17.4. The second kappa shape index (κ2) is 8.73. The van der Waals surface area contributed by atoms with E-state index in [1.54, 1.807) is 0 Å². The summed E-state index contributed by atoms with van der Waals surface area (Å²) in [5.74, 6) is -0.970. The van der Waals surface area contributed by atoms with E-state index < -0.39 is 18.0 Å². The van der Waals surface area contributed by atoms with Crippen LogP contribution in [0.15, 0.2) is 30.4 Å². The predicted octanol–water partition coefficient (Wildman–Crippen LogP) is 2.70. The topological polar surface area (TPSA) is 78.9 Å². The summed E-state index contributed by atoms with van der Waals surface area (Å²) in [6.07, 6.45) is 0.583. The van der Waals surface area contributed by atoms with E-state index in [0.717, 1.165) is 0 Å². The summed E-state index contributed by atoms with van der Waals surface area (Å²) in [5, 5.41) is 0. The van der Waals surface area contributed by atoms with Crippen molar-refractivity contribution in [2.24, 2.45) is 0 Å². The third-order valence-electron chi connectivity index (χ3n) is 2.95. The van der Waals surface area contributed by atoms with Gasteiger partial charge >= 0.3 is 11.9 Å². The Balaban J connectivity index is 2.91. The van der Waals surface area contributed by atoms with Crippen molar-refractivity contribution in [3.8, 4) is 11.5 Å². The number of aldehydes is 1. The third kappa shape index (κ3) is 5.25. The molecule has 0 aliphatic rings. The van der Waals surface area contributed by atoms with E-state index in [-0.39, 0.29) is 17.1 Å². The molecule has 0 aliphatic heterocycles. The van der Waals surface area contributed by atoms with E-state index in [1.165, 1.54) is 32.2 Å². The number of rotatable bonds is 8. The van der Waals surface area contributed by atoms with Gasteiger partial charge in [0.25, 0.3) is 0 Å². The lowest BCUT2D eigenvalue weighted by molar-refractivity contribution is -0.160. The van der Waals surface area contributed by atoms with Crippen LogP contribution in [0, 0.1) is 0 Å². The van der Waals surface area contributed by atoms with Gasteiger partial charge in [-0.2, -0.15) is 0 Å². The van der Waals surface area contributed by atoms with E-state index in [4.69, 9.17) is 14.2 Å². The predicted molar refractivity (Wildman–Crippen MR) is 83.6 cm³/mol. The van der Waals surface area contributed by atoms with Crippen molar-refractivity contribution in [1.82, 2.24) is 0 Å². The molecule has 6 heteroatoms. The monoisotopic (exact) mass is 320 g/mol. The molecule has 0 heterocycles. The lowest BCUT2D eigenvalue weighted by atomic mass is 10.2. The van der Waals surface area contributed by atoms with Crippen LogP contribution in [-0.4, -0.2) is 31.4 Å². The van der Waals surface area contributed by atoms with Crippen LogP contribution in [0.2, 0.25) is 0 Å². The average molecular weight is 320 g/mol. The van der Waals surface area contributed by atoms with Crippen LogP contribution in [0.5, 0.6) is 11.5 Å². The molecule has 0 N–H and O–H groups in total. The Morgan fingerprint density at radius 1 is 1.30 bits per heavy atom. The standard InChI is InChI=1S/C17H20O6/c1-5-6-14(23-16(19)11(2)3)17(20)22-13-8-7-12(10-18)9-15(13)21-4/h7-10,14H,2,5-6H2,1,3-4H3. The average Bonchev–Trinajstić information content (AvgIpc) is 2.54. The zero-order valence-corrected chi connectivity index (χ0v) is 13.5. The van der Waals surface area contributed by atoms with Gasteiger partial charge < -0.3 is 14.2 Å². The minimum absolute atomic E-state index is 0.149. The molecule has 1 atom stereocenters. The van der Waals surface area contributed by atoms with Crippen molar-refractivity contribution >= 4 is 18.2 Å². The lowest BCUT2D eigenvalue weighted by Gasteiger charge is -2.17. The lowest BCUT2D eigenvalue weighted by Crippen LogP contribution is -2.31. The number of carbonyl (C=O) groups is 3. The smallest absolute Gasteiger partial charge is 0.352 e. The van der Waals surface area contributed by atoms with Crippen molar-refractivity contribution in [3.05, 3.63) is 35.9 Å². The number of carbonyl (C=O) groups excluding carboxylic acids is 3. The number of benzene rings is 1. The highest BCUT2D eigenvalue weighted by molar-refractivity contribution is 5.90. The van der Waals surface area contributed by atoms with Crippen molar-refractivity contribution in [2.75, 3.05) is 7.11 Å². The minimum Gasteiger partial charge on any atom is -0.493 e. The summed E-state index contributed by atoms with van der Waals surface area (Å²) in [4.78, 5) is 34.6. The van der Waals surface area contributed by atoms with Crippen molar-refractivity contribution in [2.45, 2.75) is 32.8 Å². The molecule has 0 fully saturated rings. The highest BCUT2D eigenvalue weighted by Gasteiger charge is 2.25. The summed E-state index contributed by atoms with van der Waals surface area (Å²) in [5.41, 5.74) is 0.590. The van der Waals surface area contributed by atoms with E-state index in [1.807, 2.05) is 6.92 Å². The van der Waals surface area contributed by atoms with Crippen LogP contribution in [0.3, 0.4) is 0 Å². The van der Waals surface area contributed by atoms with Crippen molar-refractivity contribution in [3.63, 3.8) is 0 Å². The Morgan fingerprint density at radius 3 is 2.52 bits per heavy atom. The molecule has 0 amide bonds. The van der Waals surface area contributed by atoms with Gasteiger partial charge in [-0.3, -0.25) is 4.79 Å². The normalized spacial score (nSPS) is 11.3. The van der Waals surface area contributed by atoms with E-state index >= 15 is 0 Å². The Kier molecular flexibility index (Phi) is 6.99. The first-order valence-electron chi connectivity index (χ1n) is 7.14. The van der Waals surface area contributed by atoms with Gasteiger partial charge in [-0.1, -0.05) is 19.9 Å². The number of esters is 2. The number of hydrogen-bond donors (Lipinski definition) is 0. The molecule has 0 radical (unpaired) electrons. The molecule has 0 bridgehead atoms. The molecule has 0 spiro atoms. The van der Waals surface area contributed by atoms with Gasteiger partial charge in [-0.25, -0.2) is 9.59 Å². The van der Waals surface area contributed by atoms with Gasteiger partial charge in [0.05, 0.1) is 7.11 Å². The molecular weight excluding hydrogens is 300 g/mol. The van der Waals surface area contributed by atoms with Gasteiger partial charge in [0.1, 0.15) is 6.29 Å². The fourth-order valence-electron chi connectivity index (χ4n) is 1.73. The van der Waals surface area contributed by atoms with Crippen molar-refractivity contribution < 1.29 is 28.6 Å². The molecule has 0 saturated carbocycles. The maximum atomic E-state index is 12.2. The second-order valence-corrected chi connectivity index (χ2v) is 4.91. The molecule has 6 nitrogen and oxygen atoms in total. The Labute approximate surface area is 135 Å². The largest absolute Gasteiger partial charge is 0.493 e. The van der Waals surface area contributed by atoms with Gasteiger partial charge in [-0.05, 0) is 31.5 Å². The number of methoxy groups -OCH3 is 1. The van der Waals surface area contributed by atoms with Crippen LogP contribution in [0.25, 0.3) is 0 Å². The maximum absolute atomic E-state index is 12.2. The second-order valence-electron chi connectivity index (χ2n) is 4.91. The fourth-order valence-corrected chi connectivity index (χ4v) is 1.73. The van der Waals surface area contributed by atoms with Gasteiger partial charge in [0.2, 0.25) is 0 Å². The summed E-state index contributed by atoms with van der Waals surface area (Å²) in [6, 6.07) is 4.39. The molecule has 1 aromatic rings.